The number of amides is 2. The quantitative estimate of drug-likeness (QED) is 0.255. The third-order valence-electron chi connectivity index (χ3n) is 6.25. The average molecular weight is 567 g/mol. The number of nitrogens with one attached hydrogen (secondary N) is 1. The maximum atomic E-state index is 14.0. The van der Waals surface area contributed by atoms with Crippen LogP contribution in [0.4, 0.5) is 11.4 Å². The van der Waals surface area contributed by atoms with Crippen LogP contribution >= 0.6 is 0 Å². The Bertz CT molecular complexity index is 1430. The van der Waals surface area contributed by atoms with E-state index < -0.39 is 33.4 Å². The highest BCUT2D eigenvalue weighted by Gasteiger charge is 2.34. The van der Waals surface area contributed by atoms with Gasteiger partial charge in [0.1, 0.15) is 12.6 Å². The number of rotatable bonds is 12. The van der Waals surface area contributed by atoms with Gasteiger partial charge in [0.25, 0.3) is 15.7 Å². The average Bonchev–Trinajstić information content (AvgIpc) is 2.92. The number of hydrogen-bond donors (Lipinski definition) is 1. The molecule has 0 aromatic heterocycles. The number of nitro groups is 1. The van der Waals surface area contributed by atoms with Crippen LogP contribution in [-0.2, 0) is 26.2 Å². The smallest absolute Gasteiger partial charge is 0.269 e. The lowest BCUT2D eigenvalue weighted by Crippen LogP contribution is -2.53. The SMILES string of the molecule is CC[C@H](C(=O)NC(C)C)N(Cc1ccc(C)cc1)C(=O)CN(c1ccc([N+](=O)[O-])cc1)S(=O)(=O)c1ccccc1. The highest BCUT2D eigenvalue weighted by Crippen LogP contribution is 2.26. The van der Waals surface area contributed by atoms with Crippen molar-refractivity contribution in [2.24, 2.45) is 0 Å². The molecule has 0 radical (unpaired) electrons. The highest BCUT2D eigenvalue weighted by molar-refractivity contribution is 7.92. The molecule has 0 bridgehead atoms. The third-order valence-corrected chi connectivity index (χ3v) is 8.04. The van der Waals surface area contributed by atoms with Crippen LogP contribution in [0.25, 0.3) is 0 Å². The zero-order valence-corrected chi connectivity index (χ0v) is 23.8. The molecule has 3 rings (SSSR count). The van der Waals surface area contributed by atoms with E-state index in [9.17, 15) is 28.1 Å². The monoisotopic (exact) mass is 566 g/mol. The molecule has 1 N–H and O–H groups in total. The Morgan fingerprint density at radius 3 is 2.08 bits per heavy atom. The summed E-state index contributed by atoms with van der Waals surface area (Å²) < 4.78 is 28.5. The van der Waals surface area contributed by atoms with Gasteiger partial charge in [-0.05, 0) is 57.0 Å². The molecule has 0 heterocycles. The van der Waals surface area contributed by atoms with Crippen LogP contribution in [0.3, 0.4) is 0 Å². The molecule has 0 aliphatic carbocycles. The molecule has 11 heteroatoms. The summed E-state index contributed by atoms with van der Waals surface area (Å²) in [4.78, 5) is 39.1. The van der Waals surface area contributed by atoms with Gasteiger partial charge in [0.05, 0.1) is 15.5 Å². The van der Waals surface area contributed by atoms with Gasteiger partial charge in [-0.3, -0.25) is 24.0 Å². The zero-order chi connectivity index (χ0) is 29.4. The Morgan fingerprint density at radius 1 is 0.950 bits per heavy atom. The van der Waals surface area contributed by atoms with Gasteiger partial charge in [-0.15, -0.1) is 0 Å². The Hall–Kier alpha value is -4.25. The Kier molecular flexibility index (Phi) is 10.0. The summed E-state index contributed by atoms with van der Waals surface area (Å²) in [6, 6.07) is 19.1. The molecule has 0 saturated heterocycles. The van der Waals surface area contributed by atoms with E-state index in [0.29, 0.717) is 6.42 Å². The number of anilines is 1. The molecule has 0 saturated carbocycles. The third kappa shape index (κ3) is 7.44. The van der Waals surface area contributed by atoms with Gasteiger partial charge >= 0.3 is 0 Å². The van der Waals surface area contributed by atoms with Crippen LogP contribution in [0.15, 0.2) is 83.8 Å². The molecule has 1 atom stereocenters. The Labute approximate surface area is 234 Å². The molecule has 0 fully saturated rings. The normalized spacial score (nSPS) is 12.0. The summed E-state index contributed by atoms with van der Waals surface area (Å²) in [6.07, 6.45) is 0.305. The first-order valence-electron chi connectivity index (χ1n) is 12.9. The van der Waals surface area contributed by atoms with Crippen molar-refractivity contribution in [1.29, 1.82) is 0 Å². The van der Waals surface area contributed by atoms with Crippen molar-refractivity contribution in [2.75, 3.05) is 10.8 Å². The van der Waals surface area contributed by atoms with Crippen LogP contribution in [-0.4, -0.2) is 48.7 Å². The Morgan fingerprint density at radius 2 is 1.55 bits per heavy atom. The lowest BCUT2D eigenvalue weighted by Gasteiger charge is -2.33. The second-order valence-electron chi connectivity index (χ2n) is 9.69. The fourth-order valence-corrected chi connectivity index (χ4v) is 5.61. The minimum absolute atomic E-state index is 0.0455. The predicted octanol–water partition coefficient (Wildman–Crippen LogP) is 4.43. The first-order valence-corrected chi connectivity index (χ1v) is 14.4. The summed E-state index contributed by atoms with van der Waals surface area (Å²) in [5.74, 6) is -0.935. The van der Waals surface area contributed by atoms with E-state index in [1.54, 1.807) is 25.1 Å². The lowest BCUT2D eigenvalue weighted by molar-refractivity contribution is -0.384. The molecule has 0 spiro atoms. The van der Waals surface area contributed by atoms with E-state index in [-0.39, 0.29) is 34.8 Å². The second-order valence-corrected chi connectivity index (χ2v) is 11.6. The number of benzene rings is 3. The van der Waals surface area contributed by atoms with Gasteiger partial charge in [-0.1, -0.05) is 55.0 Å². The van der Waals surface area contributed by atoms with Crippen molar-refractivity contribution >= 4 is 33.2 Å². The van der Waals surface area contributed by atoms with Crippen LogP contribution in [0.5, 0.6) is 0 Å². The molecule has 3 aromatic carbocycles. The van der Waals surface area contributed by atoms with Crippen LogP contribution in [0.2, 0.25) is 0 Å². The van der Waals surface area contributed by atoms with Crippen molar-refractivity contribution in [1.82, 2.24) is 10.2 Å². The Balaban J connectivity index is 2.06. The van der Waals surface area contributed by atoms with Gasteiger partial charge in [-0.2, -0.15) is 0 Å². The number of aryl methyl sites for hydroxylation is 1. The van der Waals surface area contributed by atoms with Crippen molar-refractivity contribution in [3.63, 3.8) is 0 Å². The summed E-state index contributed by atoms with van der Waals surface area (Å²) in [5.41, 5.74) is 1.68. The standard InChI is InChI=1S/C29H34N4O6S/c1-5-27(29(35)30-21(2)3)31(19-23-13-11-22(4)12-14-23)28(34)20-32(24-15-17-25(18-16-24)33(36)37)40(38,39)26-9-7-6-8-10-26/h6-18,21,27H,5,19-20H2,1-4H3,(H,30,35)/t27-/m1/s1. The van der Waals surface area contributed by atoms with Gasteiger partial charge in [0.15, 0.2) is 0 Å². The number of hydrogen-bond acceptors (Lipinski definition) is 6. The molecule has 212 valence electrons. The van der Waals surface area contributed by atoms with Crippen molar-refractivity contribution < 1.29 is 22.9 Å². The van der Waals surface area contributed by atoms with E-state index in [0.717, 1.165) is 15.4 Å². The molecule has 40 heavy (non-hydrogen) atoms. The molecule has 3 aromatic rings. The van der Waals surface area contributed by atoms with E-state index in [1.165, 1.54) is 41.3 Å². The fourth-order valence-electron chi connectivity index (χ4n) is 4.18. The number of carbonyl (C=O) groups is 2. The number of carbonyl (C=O) groups excluding carboxylic acids is 2. The van der Waals surface area contributed by atoms with Crippen molar-refractivity contribution in [3.8, 4) is 0 Å². The first kappa shape index (κ1) is 30.3. The van der Waals surface area contributed by atoms with Gasteiger partial charge in [-0.25, -0.2) is 8.42 Å². The summed E-state index contributed by atoms with van der Waals surface area (Å²) in [6.45, 7) is 6.83. The first-order chi connectivity index (χ1) is 18.9. The molecule has 0 unspecified atom stereocenters. The largest absolute Gasteiger partial charge is 0.352 e. The molecular formula is C29H34N4O6S. The van der Waals surface area contributed by atoms with E-state index in [2.05, 4.69) is 5.32 Å². The van der Waals surface area contributed by atoms with Gasteiger partial charge in [0, 0.05) is 24.7 Å². The fraction of sp³-hybridized carbons (Fsp3) is 0.310. The van der Waals surface area contributed by atoms with Crippen molar-refractivity contribution in [2.45, 2.75) is 57.6 Å². The second kappa shape index (κ2) is 13.2. The lowest BCUT2D eigenvalue weighted by atomic mass is 10.1. The summed E-state index contributed by atoms with van der Waals surface area (Å²) in [5, 5.41) is 14.0. The number of sulfonamides is 1. The van der Waals surface area contributed by atoms with Crippen LogP contribution in [0, 0.1) is 17.0 Å². The van der Waals surface area contributed by atoms with E-state index >= 15 is 0 Å². The number of nitro benzene ring substituents is 1. The minimum atomic E-state index is -4.25. The maximum Gasteiger partial charge on any atom is 0.269 e. The van der Waals surface area contributed by atoms with Gasteiger partial charge in [0.2, 0.25) is 11.8 Å². The maximum absolute atomic E-state index is 14.0. The molecule has 2 amide bonds. The van der Waals surface area contributed by atoms with Crippen molar-refractivity contribution in [3.05, 3.63) is 100 Å². The zero-order valence-electron chi connectivity index (χ0n) is 23.0. The van der Waals surface area contributed by atoms with Gasteiger partial charge < -0.3 is 10.2 Å². The minimum Gasteiger partial charge on any atom is -0.352 e. The molecule has 0 aliphatic heterocycles. The molecule has 0 aliphatic rings. The summed E-state index contributed by atoms with van der Waals surface area (Å²) >= 11 is 0. The molecular weight excluding hydrogens is 532 g/mol. The topological polar surface area (TPSA) is 130 Å². The number of non-ortho nitro benzene ring substituents is 1. The number of nitrogens with zero attached hydrogens (tertiary/aromatic N) is 3. The predicted molar refractivity (Wildman–Crippen MR) is 153 cm³/mol. The summed E-state index contributed by atoms with van der Waals surface area (Å²) in [7, 11) is -4.25. The molecule has 10 nitrogen and oxygen atoms in total. The van der Waals surface area contributed by atoms with E-state index in [4.69, 9.17) is 0 Å². The van der Waals surface area contributed by atoms with E-state index in [1.807, 2.05) is 45.0 Å². The highest BCUT2D eigenvalue weighted by atomic mass is 32.2. The van der Waals surface area contributed by atoms with Crippen LogP contribution < -0.4 is 9.62 Å². The van der Waals surface area contributed by atoms with Crippen LogP contribution in [0.1, 0.15) is 38.3 Å².